The summed E-state index contributed by atoms with van der Waals surface area (Å²) < 4.78 is 56.5. The maximum absolute atomic E-state index is 13.5. The Morgan fingerprint density at radius 2 is 1.88 bits per heavy atom. The van der Waals surface area contributed by atoms with Crippen molar-refractivity contribution in [1.29, 1.82) is 0 Å². The molecule has 5 nitrogen and oxygen atoms in total. The van der Waals surface area contributed by atoms with Gasteiger partial charge in [0.1, 0.15) is 0 Å². The van der Waals surface area contributed by atoms with E-state index in [1.807, 2.05) is 19.9 Å². The summed E-state index contributed by atoms with van der Waals surface area (Å²) in [5.41, 5.74) is -0.706. The van der Waals surface area contributed by atoms with Crippen LogP contribution in [0.3, 0.4) is 0 Å². The van der Waals surface area contributed by atoms with Crippen molar-refractivity contribution in [2.24, 2.45) is 0 Å². The Kier molecular flexibility index (Phi) is 7.89. The zero-order valence-corrected chi connectivity index (χ0v) is 19.1. The lowest BCUT2D eigenvalue weighted by molar-refractivity contribution is -0.138. The summed E-state index contributed by atoms with van der Waals surface area (Å²) in [5, 5.41) is 3.01. The quantitative estimate of drug-likeness (QED) is 0.565. The van der Waals surface area contributed by atoms with Gasteiger partial charge in [-0.1, -0.05) is 31.2 Å². The zero-order valence-electron chi connectivity index (χ0n) is 19.1. The molecule has 1 heterocycles. The van der Waals surface area contributed by atoms with E-state index in [1.54, 1.807) is 25.3 Å². The van der Waals surface area contributed by atoms with Crippen molar-refractivity contribution in [3.8, 4) is 11.5 Å². The van der Waals surface area contributed by atoms with Crippen molar-refractivity contribution >= 4 is 5.91 Å². The van der Waals surface area contributed by atoms with Gasteiger partial charge in [-0.25, -0.2) is 0 Å². The number of hydrogen-bond acceptors (Lipinski definition) is 4. The van der Waals surface area contributed by atoms with E-state index in [2.05, 4.69) is 5.32 Å². The Morgan fingerprint density at radius 3 is 2.52 bits per heavy atom. The van der Waals surface area contributed by atoms with Gasteiger partial charge in [-0.2, -0.15) is 13.2 Å². The monoisotopic (exact) mass is 465 g/mol. The summed E-state index contributed by atoms with van der Waals surface area (Å²) in [4.78, 5) is 13.5. The summed E-state index contributed by atoms with van der Waals surface area (Å²) in [7, 11) is 1.55. The van der Waals surface area contributed by atoms with Crippen molar-refractivity contribution in [3.05, 3.63) is 59.2 Å². The van der Waals surface area contributed by atoms with E-state index in [0.29, 0.717) is 49.7 Å². The molecule has 1 fully saturated rings. The van der Waals surface area contributed by atoms with Gasteiger partial charge in [0.05, 0.1) is 30.7 Å². The third-order valence-corrected chi connectivity index (χ3v) is 6.02. The van der Waals surface area contributed by atoms with Crippen LogP contribution in [0, 0.1) is 0 Å². The lowest BCUT2D eigenvalue weighted by Gasteiger charge is -2.37. The van der Waals surface area contributed by atoms with Gasteiger partial charge in [0, 0.05) is 13.2 Å². The molecule has 0 aliphatic carbocycles. The molecule has 8 heteroatoms. The number of hydrogen-bond donors (Lipinski definition) is 1. The number of rotatable bonds is 8. The number of amides is 1. The Morgan fingerprint density at radius 1 is 1.15 bits per heavy atom. The SMILES string of the molecule is CCCOc1ccc(C(C)NC(=O)C2(c3cccc(C(F)(F)F)c3)CCOCC2)cc1OC. The molecule has 1 amide bonds. The highest BCUT2D eigenvalue weighted by atomic mass is 19.4. The molecule has 2 aromatic rings. The first-order valence-electron chi connectivity index (χ1n) is 11.1. The molecule has 0 aromatic heterocycles. The summed E-state index contributed by atoms with van der Waals surface area (Å²) >= 11 is 0. The molecule has 0 saturated carbocycles. The fraction of sp³-hybridized carbons (Fsp3) is 0.480. The van der Waals surface area contributed by atoms with Crippen molar-refractivity contribution < 1.29 is 32.2 Å². The summed E-state index contributed by atoms with van der Waals surface area (Å²) in [6.07, 6.45) is -3.01. The number of alkyl halides is 3. The van der Waals surface area contributed by atoms with E-state index in [1.165, 1.54) is 6.07 Å². The van der Waals surface area contributed by atoms with Crippen LogP contribution in [0.4, 0.5) is 13.2 Å². The van der Waals surface area contributed by atoms with Crippen molar-refractivity contribution in [3.63, 3.8) is 0 Å². The molecule has 0 spiro atoms. The second-order valence-corrected chi connectivity index (χ2v) is 8.23. The molecule has 3 rings (SSSR count). The van der Waals surface area contributed by atoms with Crippen LogP contribution >= 0.6 is 0 Å². The molecule has 1 atom stereocenters. The third kappa shape index (κ3) is 5.61. The second-order valence-electron chi connectivity index (χ2n) is 8.23. The topological polar surface area (TPSA) is 56.8 Å². The first kappa shape index (κ1) is 24.9. The number of methoxy groups -OCH3 is 1. The maximum Gasteiger partial charge on any atom is 0.416 e. The van der Waals surface area contributed by atoms with E-state index < -0.39 is 23.2 Å². The first-order valence-corrected chi connectivity index (χ1v) is 11.1. The van der Waals surface area contributed by atoms with E-state index in [0.717, 1.165) is 24.1 Å². The molecule has 0 radical (unpaired) electrons. The van der Waals surface area contributed by atoms with Gasteiger partial charge in [-0.3, -0.25) is 4.79 Å². The molecule has 2 aromatic carbocycles. The Hall–Kier alpha value is -2.74. The predicted octanol–water partition coefficient (Wildman–Crippen LogP) is 5.43. The highest BCUT2D eigenvalue weighted by Gasteiger charge is 2.43. The number of carbonyl (C=O) groups is 1. The molecule has 0 bridgehead atoms. The Bertz CT molecular complexity index is 955. The van der Waals surface area contributed by atoms with Crippen LogP contribution in [0.5, 0.6) is 11.5 Å². The summed E-state index contributed by atoms with van der Waals surface area (Å²) in [5.74, 6) is 0.857. The summed E-state index contributed by atoms with van der Waals surface area (Å²) in [6, 6.07) is 10.1. The van der Waals surface area contributed by atoms with Crippen LogP contribution in [-0.2, 0) is 21.1 Å². The largest absolute Gasteiger partial charge is 0.493 e. The molecule has 1 unspecified atom stereocenters. The van der Waals surface area contributed by atoms with Gasteiger partial charge in [-0.15, -0.1) is 0 Å². The van der Waals surface area contributed by atoms with Crippen molar-refractivity contribution in [2.45, 2.75) is 50.7 Å². The van der Waals surface area contributed by atoms with E-state index in [9.17, 15) is 18.0 Å². The van der Waals surface area contributed by atoms with Crippen LogP contribution in [0.15, 0.2) is 42.5 Å². The van der Waals surface area contributed by atoms with Crippen LogP contribution in [0.25, 0.3) is 0 Å². The predicted molar refractivity (Wildman–Crippen MR) is 119 cm³/mol. The number of nitrogens with one attached hydrogen (secondary N) is 1. The van der Waals surface area contributed by atoms with E-state index in [-0.39, 0.29) is 5.91 Å². The first-order chi connectivity index (χ1) is 15.7. The molecule has 1 aliphatic heterocycles. The van der Waals surface area contributed by atoms with Crippen molar-refractivity contribution in [1.82, 2.24) is 5.32 Å². The van der Waals surface area contributed by atoms with Crippen LogP contribution in [0.1, 0.15) is 55.8 Å². The number of ether oxygens (including phenoxy) is 3. The standard InChI is InChI=1S/C25H30F3NO4/c1-4-12-33-21-9-8-18(15-22(21)31-3)17(2)29-23(30)24(10-13-32-14-11-24)19-6-5-7-20(16-19)25(26,27)28/h5-9,15-17H,4,10-14H2,1-3H3,(H,29,30). The lowest BCUT2D eigenvalue weighted by Crippen LogP contribution is -2.48. The lowest BCUT2D eigenvalue weighted by atomic mass is 9.72. The third-order valence-electron chi connectivity index (χ3n) is 6.02. The summed E-state index contributed by atoms with van der Waals surface area (Å²) in [6.45, 7) is 5.00. The minimum atomic E-state index is -4.48. The molecule has 1 N–H and O–H groups in total. The van der Waals surface area contributed by atoms with Gasteiger partial charge < -0.3 is 19.5 Å². The zero-order chi connectivity index (χ0) is 24.1. The van der Waals surface area contributed by atoms with Crippen LogP contribution < -0.4 is 14.8 Å². The van der Waals surface area contributed by atoms with E-state index >= 15 is 0 Å². The normalized spacial score (nSPS) is 16.7. The number of halogens is 3. The Balaban J connectivity index is 1.87. The van der Waals surface area contributed by atoms with Crippen LogP contribution in [0.2, 0.25) is 0 Å². The average molecular weight is 466 g/mol. The smallest absolute Gasteiger partial charge is 0.416 e. The highest BCUT2D eigenvalue weighted by molar-refractivity contribution is 5.88. The van der Waals surface area contributed by atoms with E-state index in [4.69, 9.17) is 14.2 Å². The van der Waals surface area contributed by atoms with Crippen molar-refractivity contribution in [2.75, 3.05) is 26.9 Å². The van der Waals surface area contributed by atoms with Gasteiger partial charge in [0.15, 0.2) is 11.5 Å². The Labute approximate surface area is 192 Å². The highest BCUT2D eigenvalue weighted by Crippen LogP contribution is 2.39. The van der Waals surface area contributed by atoms with Gasteiger partial charge in [-0.05, 0) is 55.5 Å². The molecular formula is C25H30F3NO4. The van der Waals surface area contributed by atoms with Crippen LogP contribution in [-0.4, -0.2) is 32.8 Å². The van der Waals surface area contributed by atoms with Gasteiger partial charge in [0.25, 0.3) is 0 Å². The molecular weight excluding hydrogens is 435 g/mol. The van der Waals surface area contributed by atoms with Gasteiger partial charge >= 0.3 is 6.18 Å². The molecule has 33 heavy (non-hydrogen) atoms. The van der Waals surface area contributed by atoms with Gasteiger partial charge in [0.2, 0.25) is 5.91 Å². The second kappa shape index (κ2) is 10.5. The maximum atomic E-state index is 13.5. The molecule has 180 valence electrons. The average Bonchev–Trinajstić information content (AvgIpc) is 2.82. The molecule has 1 aliphatic rings. The molecule has 1 saturated heterocycles. The minimum Gasteiger partial charge on any atom is -0.493 e. The number of benzene rings is 2. The number of carbonyl (C=O) groups excluding carboxylic acids is 1. The minimum absolute atomic E-state index is 0.301. The fourth-order valence-corrected chi connectivity index (χ4v) is 4.06. The fourth-order valence-electron chi connectivity index (χ4n) is 4.06.